The fourth-order valence-electron chi connectivity index (χ4n) is 4.81. The first-order valence-corrected chi connectivity index (χ1v) is 11.9. The number of esters is 1. The minimum absolute atomic E-state index is 0.0358. The number of benzene rings is 3. The number of halogens is 4. The van der Waals surface area contributed by atoms with Gasteiger partial charge in [-0.3, -0.25) is 0 Å². The molecule has 0 bridgehead atoms. The number of epoxide rings is 1. The summed E-state index contributed by atoms with van der Waals surface area (Å²) in [5.41, 5.74) is 1.39. The Morgan fingerprint density at radius 3 is 2.11 bits per heavy atom. The van der Waals surface area contributed by atoms with Crippen LogP contribution in [0.3, 0.4) is 0 Å². The molecule has 1 atom stereocenters. The summed E-state index contributed by atoms with van der Waals surface area (Å²) in [5.74, 6) is -5.30. The minimum Gasteiger partial charge on any atom is -0.459 e. The van der Waals surface area contributed by atoms with Crippen LogP contribution in [0.15, 0.2) is 55.1 Å². The van der Waals surface area contributed by atoms with Crippen LogP contribution in [0.25, 0.3) is 17.2 Å². The van der Waals surface area contributed by atoms with Gasteiger partial charge in [-0.25, -0.2) is 22.4 Å². The first-order chi connectivity index (χ1) is 17.4. The van der Waals surface area contributed by atoms with Crippen molar-refractivity contribution in [3.05, 3.63) is 101 Å². The normalized spacial score (nSPS) is 21.2. The standard InChI is InChI=1S/C29H24F4O3/c1-2-16-3-5-17(6-4-16)21-12-14-23(28(33)26(21)31)29(34)36-19-9-7-18(8-10-19)20-11-13-22(24-15-35-24)27(32)25(20)30/h2-6,11-14,18-19,24H,1,7-10,15H2. The molecule has 0 radical (unpaired) electrons. The lowest BCUT2D eigenvalue weighted by Gasteiger charge is -2.29. The van der Waals surface area contributed by atoms with E-state index in [0.29, 0.717) is 43.4 Å². The Bertz CT molecular complexity index is 1310. The first-order valence-electron chi connectivity index (χ1n) is 11.9. The fraction of sp³-hybridized carbons (Fsp3) is 0.276. The zero-order chi connectivity index (χ0) is 25.4. The average molecular weight is 497 g/mol. The van der Waals surface area contributed by atoms with Crippen molar-refractivity contribution in [1.82, 2.24) is 0 Å². The van der Waals surface area contributed by atoms with Crippen molar-refractivity contribution in [2.45, 2.75) is 43.8 Å². The van der Waals surface area contributed by atoms with Crippen LogP contribution in [0.4, 0.5) is 17.6 Å². The van der Waals surface area contributed by atoms with Crippen LogP contribution in [-0.2, 0) is 9.47 Å². The molecule has 7 heteroatoms. The molecule has 0 amide bonds. The van der Waals surface area contributed by atoms with E-state index in [9.17, 15) is 22.4 Å². The van der Waals surface area contributed by atoms with Crippen LogP contribution in [0.2, 0.25) is 0 Å². The van der Waals surface area contributed by atoms with E-state index in [4.69, 9.17) is 9.47 Å². The Labute approximate surface area is 206 Å². The van der Waals surface area contributed by atoms with Gasteiger partial charge in [-0.05, 0) is 54.4 Å². The van der Waals surface area contributed by atoms with Gasteiger partial charge in [-0.1, -0.05) is 55.1 Å². The molecule has 0 aromatic heterocycles. The van der Waals surface area contributed by atoms with E-state index < -0.39 is 40.9 Å². The molecule has 5 rings (SSSR count). The van der Waals surface area contributed by atoms with Crippen LogP contribution in [0.1, 0.15) is 64.8 Å². The van der Waals surface area contributed by atoms with Gasteiger partial charge in [0.05, 0.1) is 12.2 Å². The Morgan fingerprint density at radius 2 is 1.47 bits per heavy atom. The van der Waals surface area contributed by atoms with E-state index in [1.54, 1.807) is 42.5 Å². The van der Waals surface area contributed by atoms with Gasteiger partial charge < -0.3 is 9.47 Å². The second kappa shape index (κ2) is 9.90. The molecule has 1 aliphatic carbocycles. The molecule has 1 saturated heterocycles. The summed E-state index contributed by atoms with van der Waals surface area (Å²) in [6, 6.07) is 12.5. The maximum Gasteiger partial charge on any atom is 0.341 e. The van der Waals surface area contributed by atoms with Crippen LogP contribution in [0, 0.1) is 23.3 Å². The van der Waals surface area contributed by atoms with Crippen molar-refractivity contribution in [2.24, 2.45) is 0 Å². The smallest absolute Gasteiger partial charge is 0.341 e. The summed E-state index contributed by atoms with van der Waals surface area (Å²) in [4.78, 5) is 12.6. The third-order valence-electron chi connectivity index (χ3n) is 6.97. The fourth-order valence-corrected chi connectivity index (χ4v) is 4.81. The Balaban J connectivity index is 1.23. The molecule has 2 aliphatic rings. The van der Waals surface area contributed by atoms with E-state index in [1.807, 2.05) is 0 Å². The first kappa shape index (κ1) is 24.3. The second-order valence-electron chi connectivity index (χ2n) is 9.19. The van der Waals surface area contributed by atoms with Crippen LogP contribution in [0.5, 0.6) is 0 Å². The zero-order valence-corrected chi connectivity index (χ0v) is 19.4. The Kier molecular flexibility index (Phi) is 6.67. The molecule has 36 heavy (non-hydrogen) atoms. The lowest BCUT2D eigenvalue weighted by Crippen LogP contribution is -2.25. The maximum absolute atomic E-state index is 14.8. The highest BCUT2D eigenvalue weighted by atomic mass is 19.2. The number of carbonyl (C=O) groups excluding carboxylic acids is 1. The largest absolute Gasteiger partial charge is 0.459 e. The van der Waals surface area contributed by atoms with Gasteiger partial charge in [0.2, 0.25) is 0 Å². The summed E-state index contributed by atoms with van der Waals surface area (Å²) in [7, 11) is 0. The van der Waals surface area contributed by atoms with Gasteiger partial charge in [0.1, 0.15) is 12.2 Å². The average Bonchev–Trinajstić information content (AvgIpc) is 3.73. The van der Waals surface area contributed by atoms with E-state index in [1.165, 1.54) is 12.1 Å². The highest BCUT2D eigenvalue weighted by molar-refractivity contribution is 5.90. The number of hydrogen-bond donors (Lipinski definition) is 0. The van der Waals surface area contributed by atoms with E-state index in [0.717, 1.165) is 5.56 Å². The van der Waals surface area contributed by atoms with Gasteiger partial charge in [0, 0.05) is 11.1 Å². The number of carbonyl (C=O) groups is 1. The molecule has 0 N–H and O–H groups in total. The predicted octanol–water partition coefficient (Wildman–Crippen LogP) is 7.51. The molecule has 1 heterocycles. The summed E-state index contributed by atoms with van der Waals surface area (Å²) in [6.07, 6.45) is 2.51. The van der Waals surface area contributed by atoms with Gasteiger partial charge in [0.25, 0.3) is 0 Å². The van der Waals surface area contributed by atoms with Crippen molar-refractivity contribution in [3.63, 3.8) is 0 Å². The zero-order valence-electron chi connectivity index (χ0n) is 19.4. The third-order valence-corrected chi connectivity index (χ3v) is 6.97. The second-order valence-corrected chi connectivity index (χ2v) is 9.19. The lowest BCUT2D eigenvalue weighted by molar-refractivity contribution is 0.0188. The van der Waals surface area contributed by atoms with Crippen LogP contribution in [-0.4, -0.2) is 18.7 Å². The lowest BCUT2D eigenvalue weighted by atomic mass is 9.82. The predicted molar refractivity (Wildman–Crippen MR) is 127 cm³/mol. The number of hydrogen-bond acceptors (Lipinski definition) is 3. The molecular formula is C29H24F4O3. The molecule has 1 unspecified atom stereocenters. The van der Waals surface area contributed by atoms with Crippen molar-refractivity contribution in [2.75, 3.05) is 6.61 Å². The monoisotopic (exact) mass is 496 g/mol. The topological polar surface area (TPSA) is 38.8 Å². The van der Waals surface area contributed by atoms with Crippen LogP contribution >= 0.6 is 0 Å². The van der Waals surface area contributed by atoms with E-state index in [2.05, 4.69) is 6.58 Å². The molecule has 2 fully saturated rings. The highest BCUT2D eigenvalue weighted by Crippen LogP contribution is 2.39. The quantitative estimate of drug-likeness (QED) is 0.201. The van der Waals surface area contributed by atoms with Crippen molar-refractivity contribution in [3.8, 4) is 11.1 Å². The summed E-state index contributed by atoms with van der Waals surface area (Å²) in [5, 5.41) is 0. The molecule has 0 spiro atoms. The van der Waals surface area contributed by atoms with Gasteiger partial charge in [-0.2, -0.15) is 0 Å². The summed E-state index contributed by atoms with van der Waals surface area (Å²) in [6.45, 7) is 4.05. The van der Waals surface area contributed by atoms with Crippen LogP contribution < -0.4 is 0 Å². The van der Waals surface area contributed by atoms with Gasteiger partial charge in [0.15, 0.2) is 23.3 Å². The summed E-state index contributed by atoms with van der Waals surface area (Å²) < 4.78 is 69.1. The number of ether oxygens (including phenoxy) is 2. The molecular weight excluding hydrogens is 472 g/mol. The Morgan fingerprint density at radius 1 is 0.833 bits per heavy atom. The van der Waals surface area contributed by atoms with Crippen molar-refractivity contribution in [1.29, 1.82) is 0 Å². The highest BCUT2D eigenvalue weighted by Gasteiger charge is 2.33. The number of rotatable bonds is 6. The molecule has 1 aliphatic heterocycles. The third kappa shape index (κ3) is 4.67. The van der Waals surface area contributed by atoms with Crippen molar-refractivity contribution < 1.29 is 31.8 Å². The van der Waals surface area contributed by atoms with Crippen molar-refractivity contribution >= 4 is 12.0 Å². The molecule has 186 valence electrons. The SMILES string of the molecule is C=Cc1ccc(-c2ccc(C(=O)OC3CCC(c4ccc(C5CO5)c(F)c4F)CC3)c(F)c2F)cc1. The molecule has 3 aromatic carbocycles. The van der Waals surface area contributed by atoms with Gasteiger partial charge >= 0.3 is 5.97 Å². The Hall–Kier alpha value is -3.45. The summed E-state index contributed by atoms with van der Waals surface area (Å²) >= 11 is 0. The van der Waals surface area contributed by atoms with E-state index >= 15 is 0 Å². The van der Waals surface area contributed by atoms with E-state index in [-0.39, 0.29) is 23.1 Å². The molecule has 1 saturated carbocycles. The maximum atomic E-state index is 14.8. The van der Waals surface area contributed by atoms with Gasteiger partial charge in [-0.15, -0.1) is 0 Å². The molecule has 3 nitrogen and oxygen atoms in total. The molecule has 3 aromatic rings. The minimum atomic E-state index is -1.27.